The summed E-state index contributed by atoms with van der Waals surface area (Å²) in [6.07, 6.45) is 3.29. The van der Waals surface area contributed by atoms with Crippen molar-refractivity contribution in [1.29, 1.82) is 0 Å². The quantitative estimate of drug-likeness (QED) is 0.768. The molecule has 94 valence electrons. The maximum absolute atomic E-state index is 5.98. The largest absolute Gasteiger partial charge is 0.512 e. The molecule has 5 nitrogen and oxygen atoms in total. The first-order valence-corrected chi connectivity index (χ1v) is 6.03. The second kappa shape index (κ2) is 3.55. The van der Waals surface area contributed by atoms with Crippen molar-refractivity contribution in [2.45, 2.75) is 38.9 Å². The first kappa shape index (κ1) is 11.7. The number of aromatic amines is 1. The molecule has 18 heavy (non-hydrogen) atoms. The van der Waals surface area contributed by atoms with E-state index < -0.39 is 0 Å². The zero-order chi connectivity index (χ0) is 13.0. The third-order valence-corrected chi connectivity index (χ3v) is 3.82. The van der Waals surface area contributed by atoms with Crippen molar-refractivity contribution in [2.75, 3.05) is 0 Å². The Morgan fingerprint density at radius 1 is 1.17 bits per heavy atom. The zero-order valence-corrected chi connectivity index (χ0v) is 11.0. The standard InChI is InChI=1S/C12H16BN3O2/c1-11(2)12(3,4)18-13(17-11)9-5-8-6-14-7-15-10(8)16-9/h5-7H,1-4H3,(H,14,15,16). The van der Waals surface area contributed by atoms with Gasteiger partial charge in [-0.1, -0.05) is 0 Å². The summed E-state index contributed by atoms with van der Waals surface area (Å²) >= 11 is 0. The maximum atomic E-state index is 5.98. The molecule has 3 heterocycles. The smallest absolute Gasteiger partial charge is 0.398 e. The first-order valence-electron chi connectivity index (χ1n) is 6.03. The van der Waals surface area contributed by atoms with Gasteiger partial charge in [-0.15, -0.1) is 0 Å². The molecule has 1 fully saturated rings. The van der Waals surface area contributed by atoms with Gasteiger partial charge in [0.1, 0.15) is 12.0 Å². The van der Waals surface area contributed by atoms with Crippen LogP contribution >= 0.6 is 0 Å². The molecule has 1 aliphatic rings. The molecular formula is C12H16BN3O2. The van der Waals surface area contributed by atoms with E-state index >= 15 is 0 Å². The van der Waals surface area contributed by atoms with Crippen LogP contribution in [0.1, 0.15) is 27.7 Å². The zero-order valence-electron chi connectivity index (χ0n) is 11.0. The van der Waals surface area contributed by atoms with Crippen LogP contribution in [0.5, 0.6) is 0 Å². The van der Waals surface area contributed by atoms with Gasteiger partial charge >= 0.3 is 7.12 Å². The highest BCUT2D eigenvalue weighted by atomic mass is 16.7. The van der Waals surface area contributed by atoms with Crippen LogP contribution in [0, 0.1) is 0 Å². The summed E-state index contributed by atoms with van der Waals surface area (Å²) < 4.78 is 12.0. The molecule has 1 N–H and O–H groups in total. The van der Waals surface area contributed by atoms with Crippen molar-refractivity contribution in [3.63, 3.8) is 0 Å². The van der Waals surface area contributed by atoms with Crippen LogP contribution < -0.4 is 5.59 Å². The molecule has 0 radical (unpaired) electrons. The van der Waals surface area contributed by atoms with E-state index in [0.717, 1.165) is 16.6 Å². The minimum absolute atomic E-state index is 0.333. The Morgan fingerprint density at radius 2 is 1.83 bits per heavy atom. The van der Waals surface area contributed by atoms with E-state index in [1.165, 1.54) is 6.33 Å². The van der Waals surface area contributed by atoms with Crippen LogP contribution in [-0.4, -0.2) is 33.3 Å². The Hall–Kier alpha value is -1.40. The van der Waals surface area contributed by atoms with Crippen LogP contribution in [0.25, 0.3) is 11.0 Å². The molecule has 0 amide bonds. The van der Waals surface area contributed by atoms with Crippen molar-refractivity contribution in [3.8, 4) is 0 Å². The first-order chi connectivity index (χ1) is 8.39. The van der Waals surface area contributed by atoms with Gasteiger partial charge in [-0.2, -0.15) is 0 Å². The van der Waals surface area contributed by atoms with Crippen LogP contribution in [-0.2, 0) is 9.31 Å². The van der Waals surface area contributed by atoms with Crippen LogP contribution in [0.3, 0.4) is 0 Å². The van der Waals surface area contributed by atoms with Crippen molar-refractivity contribution in [2.24, 2.45) is 0 Å². The predicted octanol–water partition coefficient (Wildman–Crippen LogP) is 1.26. The molecule has 3 rings (SSSR count). The number of hydrogen-bond donors (Lipinski definition) is 1. The summed E-state index contributed by atoms with van der Waals surface area (Å²) in [6.45, 7) is 8.15. The van der Waals surface area contributed by atoms with Gasteiger partial charge in [0.25, 0.3) is 0 Å². The highest BCUT2D eigenvalue weighted by Gasteiger charge is 2.52. The van der Waals surface area contributed by atoms with E-state index in [9.17, 15) is 0 Å². The van der Waals surface area contributed by atoms with E-state index in [4.69, 9.17) is 9.31 Å². The average molecular weight is 245 g/mol. The predicted molar refractivity (Wildman–Crippen MR) is 69.6 cm³/mol. The molecule has 6 heteroatoms. The molecular weight excluding hydrogens is 229 g/mol. The molecule has 1 saturated heterocycles. The Balaban J connectivity index is 1.97. The SMILES string of the molecule is CC1(C)OB(c2cc3cncnc3[nH]2)OC1(C)C. The monoisotopic (exact) mass is 245 g/mol. The van der Waals surface area contributed by atoms with Gasteiger partial charge in [0, 0.05) is 17.2 Å². The molecule has 0 atom stereocenters. The average Bonchev–Trinajstić information content (AvgIpc) is 2.78. The minimum atomic E-state index is -0.385. The van der Waals surface area contributed by atoms with Crippen LogP contribution in [0.4, 0.5) is 0 Å². The summed E-state index contributed by atoms with van der Waals surface area (Å²) in [6, 6.07) is 1.97. The number of hydrogen-bond acceptors (Lipinski definition) is 4. The van der Waals surface area contributed by atoms with Crippen molar-refractivity contribution >= 4 is 23.7 Å². The second-order valence-electron chi connectivity index (χ2n) is 5.64. The Labute approximate surface area is 106 Å². The lowest BCUT2D eigenvalue weighted by Crippen LogP contribution is -2.41. The van der Waals surface area contributed by atoms with Gasteiger partial charge in [-0.3, -0.25) is 0 Å². The molecule has 0 aromatic carbocycles. The fraction of sp³-hybridized carbons (Fsp3) is 0.500. The number of H-pyrrole nitrogens is 1. The number of fused-ring (bicyclic) bond motifs is 1. The van der Waals surface area contributed by atoms with Gasteiger partial charge in [-0.05, 0) is 33.8 Å². The fourth-order valence-electron chi connectivity index (χ4n) is 1.99. The lowest BCUT2D eigenvalue weighted by Gasteiger charge is -2.32. The topological polar surface area (TPSA) is 60.0 Å². The molecule has 0 aliphatic carbocycles. The van der Waals surface area contributed by atoms with Gasteiger partial charge < -0.3 is 14.3 Å². The van der Waals surface area contributed by atoms with Crippen molar-refractivity contribution in [1.82, 2.24) is 15.0 Å². The summed E-state index contributed by atoms with van der Waals surface area (Å²) in [5.41, 5.74) is 1.01. The second-order valence-corrected chi connectivity index (χ2v) is 5.64. The summed E-state index contributed by atoms with van der Waals surface area (Å²) in [5.74, 6) is 0. The van der Waals surface area contributed by atoms with Crippen molar-refractivity contribution < 1.29 is 9.31 Å². The highest BCUT2D eigenvalue weighted by Crippen LogP contribution is 2.36. The summed E-state index contributed by atoms with van der Waals surface area (Å²) in [7, 11) is -0.385. The Morgan fingerprint density at radius 3 is 2.44 bits per heavy atom. The molecule has 0 saturated carbocycles. The molecule has 1 aliphatic heterocycles. The summed E-state index contributed by atoms with van der Waals surface area (Å²) in [4.78, 5) is 11.4. The van der Waals surface area contributed by atoms with Gasteiger partial charge in [0.05, 0.1) is 11.2 Å². The minimum Gasteiger partial charge on any atom is -0.398 e. The molecule has 2 aromatic rings. The van der Waals surface area contributed by atoms with Crippen LogP contribution in [0.15, 0.2) is 18.6 Å². The van der Waals surface area contributed by atoms with E-state index in [1.807, 2.05) is 33.8 Å². The maximum Gasteiger partial charge on any atom is 0.512 e. The normalized spacial score (nSPS) is 21.7. The Bertz CT molecular complexity index is 545. The highest BCUT2D eigenvalue weighted by molar-refractivity contribution is 6.61. The number of rotatable bonds is 1. The number of nitrogens with one attached hydrogen (secondary N) is 1. The van der Waals surface area contributed by atoms with Gasteiger partial charge in [-0.25, -0.2) is 9.97 Å². The van der Waals surface area contributed by atoms with Gasteiger partial charge in [0.15, 0.2) is 0 Å². The third-order valence-electron chi connectivity index (χ3n) is 3.82. The van der Waals surface area contributed by atoms with E-state index in [-0.39, 0.29) is 18.3 Å². The fourth-order valence-corrected chi connectivity index (χ4v) is 1.99. The Kier molecular flexibility index (Phi) is 2.31. The molecule has 0 bridgehead atoms. The third kappa shape index (κ3) is 1.64. The van der Waals surface area contributed by atoms with Gasteiger partial charge in [0.2, 0.25) is 0 Å². The van der Waals surface area contributed by atoms with E-state index in [2.05, 4.69) is 15.0 Å². The van der Waals surface area contributed by atoms with E-state index in [1.54, 1.807) is 6.20 Å². The lowest BCUT2D eigenvalue weighted by atomic mass is 9.85. The number of nitrogens with zero attached hydrogens (tertiary/aromatic N) is 2. The van der Waals surface area contributed by atoms with Crippen molar-refractivity contribution in [3.05, 3.63) is 18.6 Å². The van der Waals surface area contributed by atoms with E-state index in [0.29, 0.717) is 0 Å². The molecule has 0 spiro atoms. The molecule has 2 aromatic heterocycles. The number of aromatic nitrogens is 3. The van der Waals surface area contributed by atoms with Crippen LogP contribution in [0.2, 0.25) is 0 Å². The summed E-state index contributed by atoms with van der Waals surface area (Å²) in [5, 5.41) is 0.960. The molecule has 0 unspecified atom stereocenters. The lowest BCUT2D eigenvalue weighted by molar-refractivity contribution is 0.00578.